The largest absolute Gasteiger partial charge is 0.655 e. The summed E-state index contributed by atoms with van der Waals surface area (Å²) < 4.78 is 5.11. The van der Waals surface area contributed by atoms with Crippen LogP contribution in [0, 0.1) is 5.41 Å². The second kappa shape index (κ2) is 19.0. The Labute approximate surface area is 204 Å². The minimum atomic E-state index is -0.844. The van der Waals surface area contributed by atoms with Gasteiger partial charge in [0.1, 0.15) is 0 Å². The molecule has 0 aromatic heterocycles. The van der Waals surface area contributed by atoms with Gasteiger partial charge in [0, 0.05) is 89.0 Å². The third-order valence-corrected chi connectivity index (χ3v) is 3.32. The van der Waals surface area contributed by atoms with Crippen molar-refractivity contribution in [2.45, 2.75) is 80.6 Å². The monoisotopic (exact) mass is 658 g/mol. The Kier molecular flexibility index (Phi) is 28.5. The van der Waals surface area contributed by atoms with Crippen LogP contribution in [-0.2, 0) is 42.2 Å². The number of nitrogens with zero attached hydrogens (tertiary/aromatic N) is 1. The van der Waals surface area contributed by atoms with E-state index in [-0.39, 0.29) is 51.2 Å². The molecule has 9 heteroatoms. The van der Waals surface area contributed by atoms with Gasteiger partial charge in [0.05, 0.1) is 11.8 Å². The summed E-state index contributed by atoms with van der Waals surface area (Å²) in [4.78, 5) is 21.5. The van der Waals surface area contributed by atoms with E-state index in [1.807, 2.05) is 0 Å². The smallest absolute Gasteiger partial charge is 0.264 e. The fraction of sp³-hybridized carbons (Fsp3) is 0.875. The van der Waals surface area contributed by atoms with E-state index in [9.17, 15) is 14.7 Å². The number of methoxy groups -OCH3 is 1. The predicted molar refractivity (Wildman–Crippen MR) is 122 cm³/mol. The van der Waals surface area contributed by atoms with E-state index in [1.165, 1.54) is 6.92 Å². The van der Waals surface area contributed by atoms with E-state index in [0.29, 0.717) is 6.10 Å². The number of ether oxygens (including phenoxy) is 1. The van der Waals surface area contributed by atoms with Gasteiger partial charge in [0.2, 0.25) is 0 Å². The number of aliphatic hydroxyl groups excluding tert-OH is 1. The van der Waals surface area contributed by atoms with Gasteiger partial charge in [-0.05, 0) is 26.2 Å². The Morgan fingerprint density at radius 3 is 1.64 bits per heavy atom. The van der Waals surface area contributed by atoms with E-state index in [4.69, 9.17) is 4.74 Å². The number of hydrogen-bond acceptors (Lipinski definition) is 4. The third-order valence-electron chi connectivity index (χ3n) is 3.32. The summed E-state index contributed by atoms with van der Waals surface area (Å²) in [5.41, 5.74) is -0.896. The Hall–Kier alpha value is 1.69. The number of amides is 1. The Morgan fingerprint density at radius 1 is 1.12 bits per heavy atom. The molecular weight excluding hydrogens is 624 g/mol. The first-order valence-corrected chi connectivity index (χ1v) is 13.5. The first kappa shape index (κ1) is 37.4. The molecule has 0 aromatic rings. The molecule has 0 heterocycles. The molecule has 2 unspecified atom stereocenters. The maximum Gasteiger partial charge on any atom is 0.264 e. The molecule has 148 valence electrons. The maximum absolute atomic E-state index is 11.0. The van der Waals surface area contributed by atoms with Crippen molar-refractivity contribution < 1.29 is 52.1 Å². The van der Waals surface area contributed by atoms with Crippen LogP contribution < -0.4 is 0 Å². The summed E-state index contributed by atoms with van der Waals surface area (Å²) in [5.74, 6) is -0.599. The van der Waals surface area contributed by atoms with Crippen molar-refractivity contribution in [3.05, 3.63) is 5.32 Å². The average Bonchev–Trinajstić information content (AvgIpc) is 2.37. The molecule has 0 aromatic carbocycles. The van der Waals surface area contributed by atoms with Crippen LogP contribution in [0.4, 0.5) is 4.79 Å². The van der Waals surface area contributed by atoms with E-state index < -0.39 is 17.4 Å². The van der Waals surface area contributed by atoms with Gasteiger partial charge in [-0.3, -0.25) is 0 Å². The minimum absolute atomic E-state index is 0. The van der Waals surface area contributed by atoms with Crippen LogP contribution in [0.1, 0.15) is 62.8 Å². The van der Waals surface area contributed by atoms with Crippen molar-refractivity contribution in [2.75, 3.05) is 7.11 Å². The van der Waals surface area contributed by atoms with Crippen molar-refractivity contribution in [3.8, 4) is 0 Å². The van der Waals surface area contributed by atoms with Crippen LogP contribution in [0.2, 0.25) is 0 Å². The molecule has 0 saturated carbocycles. The topological polar surface area (TPSA) is 77.7 Å². The summed E-state index contributed by atoms with van der Waals surface area (Å²) in [6.45, 7) is 14.7. The molecule has 25 heavy (non-hydrogen) atoms. The molecule has 0 rings (SSSR count). The first-order chi connectivity index (χ1) is 10.2. The number of carbonyl (C=O) groups excluding carboxylic acids is 2. The number of rotatable bonds is 5. The molecule has 0 fully saturated rings. The molecular formula is C16H34BI2NO4Y-. The minimum Gasteiger partial charge on any atom is -0.655 e. The molecule has 0 saturated heterocycles. The van der Waals surface area contributed by atoms with E-state index in [0.717, 1.165) is 7.28 Å². The van der Waals surface area contributed by atoms with Crippen LogP contribution in [0.15, 0.2) is 0 Å². The predicted octanol–water partition coefficient (Wildman–Crippen LogP) is 5.36. The molecule has 0 spiro atoms. The molecule has 0 bridgehead atoms. The van der Waals surface area contributed by atoms with E-state index in [2.05, 4.69) is 70.2 Å². The van der Waals surface area contributed by atoms with Crippen molar-refractivity contribution in [3.63, 3.8) is 0 Å². The van der Waals surface area contributed by atoms with Gasteiger partial charge in [-0.25, -0.2) is 0 Å². The Bertz CT molecular complexity index is 352. The number of halogens is 2. The zero-order valence-corrected chi connectivity index (χ0v) is 23.3. The molecule has 0 aliphatic heterocycles. The molecule has 2 radical (unpaired) electrons. The van der Waals surface area contributed by atoms with Gasteiger partial charge in [-0.15, -0.1) is 0 Å². The quantitative estimate of drug-likeness (QED) is 0.319. The normalized spacial score (nSPS) is 12.3. The molecule has 1 amide bonds. The van der Waals surface area contributed by atoms with Crippen LogP contribution in [0.3, 0.4) is 0 Å². The fourth-order valence-corrected chi connectivity index (χ4v) is 0.937. The molecule has 2 atom stereocenters. The molecule has 1 N–H and O–H groups in total. The molecule has 0 aliphatic carbocycles. The SMILES string of the molecule is C.CC(=O)[B]C(=O)[N-]C(C)(C)C(C)O.COC(C)C(C)(C)C.II.[Y]. The summed E-state index contributed by atoms with van der Waals surface area (Å²) in [6.07, 6.45) is -0.376. The average molecular weight is 658 g/mol. The third kappa shape index (κ3) is 23.6. The van der Waals surface area contributed by atoms with Crippen molar-refractivity contribution in [2.24, 2.45) is 5.41 Å². The van der Waals surface area contributed by atoms with Crippen molar-refractivity contribution in [1.29, 1.82) is 0 Å². The van der Waals surface area contributed by atoms with Gasteiger partial charge in [-0.1, -0.05) is 47.6 Å². The summed E-state index contributed by atoms with van der Waals surface area (Å²) >= 11 is 4.24. The van der Waals surface area contributed by atoms with Gasteiger partial charge in [0.25, 0.3) is 7.28 Å². The zero-order chi connectivity index (χ0) is 19.4. The van der Waals surface area contributed by atoms with Crippen LogP contribution in [0.25, 0.3) is 5.32 Å². The van der Waals surface area contributed by atoms with Crippen LogP contribution in [-0.4, -0.2) is 48.7 Å². The van der Waals surface area contributed by atoms with Gasteiger partial charge in [0.15, 0.2) is 0 Å². The second-order valence-corrected chi connectivity index (χ2v) is 6.78. The summed E-state index contributed by atoms with van der Waals surface area (Å²) in [7, 11) is 2.65. The number of hydrogen-bond donors (Lipinski definition) is 1. The van der Waals surface area contributed by atoms with E-state index >= 15 is 0 Å². The Morgan fingerprint density at radius 2 is 1.48 bits per heavy atom. The fourth-order valence-electron chi connectivity index (χ4n) is 0.937. The van der Waals surface area contributed by atoms with Crippen molar-refractivity contribution >= 4 is 56.0 Å². The van der Waals surface area contributed by atoms with Crippen LogP contribution in [0.5, 0.6) is 0 Å². The van der Waals surface area contributed by atoms with Gasteiger partial charge in [-0.2, -0.15) is 0 Å². The molecule has 0 aliphatic rings. The number of aliphatic hydroxyl groups is 1. The van der Waals surface area contributed by atoms with Gasteiger partial charge >= 0.3 is 0 Å². The summed E-state index contributed by atoms with van der Waals surface area (Å²) in [5, 5.41) is 12.9. The van der Waals surface area contributed by atoms with Gasteiger partial charge < -0.3 is 24.7 Å². The Balaban J connectivity index is -0.0000000970. The first-order valence-electron chi connectivity index (χ1n) is 7.21. The number of carbonyl (C=O) groups is 2. The maximum atomic E-state index is 11.0. The summed E-state index contributed by atoms with van der Waals surface area (Å²) in [6, 6.07) is 0. The standard InChI is InChI=1S/C8H15BNO3.C7H16O.CH4.I2.Y/c1-5(11)8(3,4)10-7(13)9-6(2)12;1-6(8-5)7(2,3)4;;1-2;/h5,11H,1-4H3,(H,10,13);6H,1-5H3;1H4;;/p-1. The molecule has 5 nitrogen and oxygen atoms in total. The van der Waals surface area contributed by atoms with E-state index in [1.54, 1.807) is 27.9 Å². The van der Waals surface area contributed by atoms with Crippen molar-refractivity contribution in [1.82, 2.24) is 0 Å². The van der Waals surface area contributed by atoms with Crippen LogP contribution >= 0.6 is 37.2 Å². The zero-order valence-electron chi connectivity index (χ0n) is 16.2. The second-order valence-electron chi connectivity index (χ2n) is 6.78.